The molecule has 1 aliphatic carbocycles. The number of aliphatic carboxylic acids is 1. The first kappa shape index (κ1) is 25.8. The first-order chi connectivity index (χ1) is 18.5. The number of para-hydroxylation sites is 2. The van der Waals surface area contributed by atoms with E-state index in [1.807, 2.05) is 29.2 Å². The lowest BCUT2D eigenvalue weighted by Gasteiger charge is -2.55. The number of hydrogen-bond acceptors (Lipinski definition) is 5. The summed E-state index contributed by atoms with van der Waals surface area (Å²) in [5.74, 6) is -0.150. The fraction of sp³-hybridized carbons (Fsp3) is 0.710. The third kappa shape index (κ3) is 4.87. The summed E-state index contributed by atoms with van der Waals surface area (Å²) in [5.41, 5.74) is 1.70. The second-order valence-corrected chi connectivity index (χ2v) is 12.6. The van der Waals surface area contributed by atoms with Crippen LogP contribution in [0.4, 0.5) is 5.82 Å². The molecule has 4 heterocycles. The molecule has 4 fully saturated rings. The Morgan fingerprint density at radius 1 is 0.868 bits per heavy atom. The number of rotatable bonds is 4. The monoisotopic (exact) mass is 520 g/mol. The van der Waals surface area contributed by atoms with E-state index >= 15 is 0 Å². The Hall–Kier alpha value is -2.41. The maximum Gasteiger partial charge on any atom is 0.310 e. The number of anilines is 1. The average molecular weight is 521 g/mol. The summed E-state index contributed by atoms with van der Waals surface area (Å²) in [4.78, 5) is 35.0. The SMILES string of the molecule is CC1CCC2CC(n3c(=O)c(N4CC(C(=O)O)C4)nc4ccccc43)CC1N2C1CCCCCCCCC1. The van der Waals surface area contributed by atoms with E-state index in [-0.39, 0.29) is 11.6 Å². The summed E-state index contributed by atoms with van der Waals surface area (Å²) in [6, 6.07) is 9.89. The molecule has 6 rings (SSSR count). The van der Waals surface area contributed by atoms with Crippen LogP contribution in [-0.4, -0.2) is 56.7 Å². The maximum absolute atomic E-state index is 14.0. The highest BCUT2D eigenvalue weighted by atomic mass is 16.4. The van der Waals surface area contributed by atoms with Gasteiger partial charge in [0.1, 0.15) is 0 Å². The smallest absolute Gasteiger partial charge is 0.310 e. The molecule has 2 aromatic rings. The van der Waals surface area contributed by atoms with Crippen molar-refractivity contribution in [2.45, 2.75) is 115 Å². The zero-order valence-electron chi connectivity index (χ0n) is 22.9. The Kier molecular flexibility index (Phi) is 7.48. The van der Waals surface area contributed by atoms with Gasteiger partial charge < -0.3 is 14.6 Å². The zero-order chi connectivity index (χ0) is 26.2. The number of piperidine rings is 2. The van der Waals surface area contributed by atoms with Crippen molar-refractivity contribution < 1.29 is 9.90 Å². The number of hydrogen-bond donors (Lipinski definition) is 1. The molecule has 7 heteroatoms. The Bertz CT molecular complexity index is 1200. The van der Waals surface area contributed by atoms with Gasteiger partial charge in [0.25, 0.3) is 5.56 Å². The van der Waals surface area contributed by atoms with E-state index in [1.54, 1.807) is 0 Å². The molecule has 206 valence electrons. The fourth-order valence-corrected chi connectivity index (χ4v) is 8.03. The zero-order valence-corrected chi connectivity index (χ0v) is 22.9. The number of carboxylic acids is 1. The van der Waals surface area contributed by atoms with Crippen LogP contribution in [0, 0.1) is 11.8 Å². The molecule has 1 aromatic carbocycles. The summed E-state index contributed by atoms with van der Waals surface area (Å²) in [6.45, 7) is 3.15. The fourth-order valence-electron chi connectivity index (χ4n) is 8.03. The molecule has 3 saturated heterocycles. The van der Waals surface area contributed by atoms with Crippen LogP contribution < -0.4 is 10.5 Å². The molecular formula is C31H44N4O3. The lowest BCUT2D eigenvalue weighted by Crippen LogP contribution is -2.60. The minimum absolute atomic E-state index is 0.0459. The third-order valence-electron chi connectivity index (χ3n) is 10.1. The minimum atomic E-state index is -0.794. The average Bonchev–Trinajstić information content (AvgIpc) is 2.88. The van der Waals surface area contributed by atoms with E-state index in [2.05, 4.69) is 16.4 Å². The second kappa shape index (κ2) is 11.0. The van der Waals surface area contributed by atoms with E-state index in [4.69, 9.17) is 4.98 Å². The lowest BCUT2D eigenvalue weighted by molar-refractivity contribution is -0.142. The molecule has 3 aliphatic heterocycles. The predicted molar refractivity (Wildman–Crippen MR) is 151 cm³/mol. The van der Waals surface area contributed by atoms with Crippen molar-refractivity contribution in [1.82, 2.24) is 14.5 Å². The van der Waals surface area contributed by atoms with Crippen LogP contribution in [0.5, 0.6) is 0 Å². The van der Waals surface area contributed by atoms with E-state index in [0.29, 0.717) is 43.0 Å². The third-order valence-corrected chi connectivity index (χ3v) is 10.1. The van der Waals surface area contributed by atoms with Crippen molar-refractivity contribution >= 4 is 22.8 Å². The Morgan fingerprint density at radius 3 is 2.26 bits per heavy atom. The summed E-state index contributed by atoms with van der Waals surface area (Å²) in [5, 5.41) is 9.37. The highest BCUT2D eigenvalue weighted by Crippen LogP contribution is 2.45. The van der Waals surface area contributed by atoms with E-state index in [1.165, 1.54) is 70.6 Å². The minimum Gasteiger partial charge on any atom is -0.481 e. The molecule has 4 atom stereocenters. The van der Waals surface area contributed by atoms with Crippen molar-refractivity contribution in [3.8, 4) is 0 Å². The van der Waals surface area contributed by atoms with Gasteiger partial charge in [-0.05, 0) is 56.6 Å². The van der Waals surface area contributed by atoms with Gasteiger partial charge in [0.05, 0.1) is 17.0 Å². The van der Waals surface area contributed by atoms with Gasteiger partial charge in [0.15, 0.2) is 5.82 Å². The van der Waals surface area contributed by atoms with Crippen LogP contribution in [0.2, 0.25) is 0 Å². The first-order valence-corrected chi connectivity index (χ1v) is 15.3. The van der Waals surface area contributed by atoms with Crippen molar-refractivity contribution in [2.75, 3.05) is 18.0 Å². The van der Waals surface area contributed by atoms with Gasteiger partial charge >= 0.3 is 5.97 Å². The highest BCUT2D eigenvalue weighted by molar-refractivity contribution is 5.78. The number of carbonyl (C=O) groups is 1. The molecule has 7 nitrogen and oxygen atoms in total. The number of benzene rings is 1. The van der Waals surface area contributed by atoms with Crippen molar-refractivity contribution in [3.05, 3.63) is 34.6 Å². The second-order valence-electron chi connectivity index (χ2n) is 12.6. The molecule has 0 spiro atoms. The van der Waals surface area contributed by atoms with E-state index in [0.717, 1.165) is 23.9 Å². The normalized spacial score (nSPS) is 30.2. The number of nitrogens with zero attached hydrogens (tertiary/aromatic N) is 4. The number of fused-ring (bicyclic) bond motifs is 3. The van der Waals surface area contributed by atoms with Crippen LogP contribution >= 0.6 is 0 Å². The van der Waals surface area contributed by atoms with Crippen LogP contribution in [0.1, 0.15) is 96.4 Å². The van der Waals surface area contributed by atoms with Crippen molar-refractivity contribution in [1.29, 1.82) is 0 Å². The summed E-state index contributed by atoms with van der Waals surface area (Å²) in [6.07, 6.45) is 16.8. The lowest BCUT2D eigenvalue weighted by atomic mass is 9.74. The molecular weight excluding hydrogens is 476 g/mol. The first-order valence-electron chi connectivity index (χ1n) is 15.3. The van der Waals surface area contributed by atoms with Gasteiger partial charge in [-0.25, -0.2) is 4.98 Å². The van der Waals surface area contributed by atoms with Gasteiger partial charge in [-0.2, -0.15) is 0 Å². The topological polar surface area (TPSA) is 78.7 Å². The van der Waals surface area contributed by atoms with Crippen molar-refractivity contribution in [3.63, 3.8) is 0 Å². The van der Waals surface area contributed by atoms with Crippen molar-refractivity contribution in [2.24, 2.45) is 11.8 Å². The molecule has 2 bridgehead atoms. The highest BCUT2D eigenvalue weighted by Gasteiger charge is 2.45. The van der Waals surface area contributed by atoms with E-state index < -0.39 is 11.9 Å². The molecule has 38 heavy (non-hydrogen) atoms. The van der Waals surface area contributed by atoms with Gasteiger partial charge in [0.2, 0.25) is 0 Å². The van der Waals surface area contributed by atoms with Crippen LogP contribution in [0.15, 0.2) is 29.1 Å². The summed E-state index contributed by atoms with van der Waals surface area (Å²) >= 11 is 0. The van der Waals surface area contributed by atoms with E-state index in [9.17, 15) is 14.7 Å². The van der Waals surface area contributed by atoms with Crippen LogP contribution in [0.3, 0.4) is 0 Å². The standard InChI is InChI=1S/C31H44N4O3/c1-21-15-16-24-17-25(18-28(21)34(24)23-11-7-5-3-2-4-6-8-12-23)35-27-14-10-9-13-26(27)32-29(30(35)36)33-19-22(20-33)31(37)38/h9-10,13-14,21-25,28H,2-8,11-12,15-20H2,1H3,(H,37,38). The summed E-state index contributed by atoms with van der Waals surface area (Å²) in [7, 11) is 0. The molecule has 1 N–H and O–H groups in total. The van der Waals surface area contributed by atoms with Crippen LogP contribution in [-0.2, 0) is 4.79 Å². The molecule has 0 amide bonds. The van der Waals surface area contributed by atoms with Gasteiger partial charge in [-0.3, -0.25) is 14.5 Å². The number of carboxylic acid groups (broad SMARTS) is 1. The predicted octanol–water partition coefficient (Wildman–Crippen LogP) is 5.61. The van der Waals surface area contributed by atoms with Crippen LogP contribution in [0.25, 0.3) is 11.0 Å². The Balaban J connectivity index is 1.31. The van der Waals surface area contributed by atoms with Gasteiger partial charge in [0, 0.05) is 37.3 Å². The Labute approximate surface area is 226 Å². The maximum atomic E-state index is 14.0. The molecule has 4 unspecified atom stereocenters. The molecule has 4 aliphatic rings. The summed E-state index contributed by atoms with van der Waals surface area (Å²) < 4.78 is 2.05. The number of aromatic nitrogens is 2. The van der Waals surface area contributed by atoms with Gasteiger partial charge in [-0.1, -0.05) is 64.0 Å². The Morgan fingerprint density at radius 2 is 1.55 bits per heavy atom. The quantitative estimate of drug-likeness (QED) is 0.564. The van der Waals surface area contributed by atoms with Gasteiger partial charge in [-0.15, -0.1) is 0 Å². The molecule has 1 saturated carbocycles. The largest absolute Gasteiger partial charge is 0.481 e. The molecule has 1 aromatic heterocycles. The molecule has 0 radical (unpaired) electrons.